The number of anilines is 1. The van der Waals surface area contributed by atoms with Crippen LogP contribution in [0.5, 0.6) is 0 Å². The molecule has 15 heavy (non-hydrogen) atoms. The van der Waals surface area contributed by atoms with Crippen molar-refractivity contribution < 1.29 is 4.39 Å². The highest BCUT2D eigenvalue weighted by molar-refractivity contribution is 5.31. The van der Waals surface area contributed by atoms with Gasteiger partial charge in [0.05, 0.1) is 12.7 Å². The lowest BCUT2D eigenvalue weighted by Crippen LogP contribution is -2.07. The van der Waals surface area contributed by atoms with Gasteiger partial charge < -0.3 is 5.73 Å². The summed E-state index contributed by atoms with van der Waals surface area (Å²) >= 11 is 0. The van der Waals surface area contributed by atoms with Gasteiger partial charge in [-0.2, -0.15) is 5.10 Å². The van der Waals surface area contributed by atoms with Gasteiger partial charge in [0.2, 0.25) is 0 Å². The molecule has 0 saturated heterocycles. The molecule has 0 amide bonds. The van der Waals surface area contributed by atoms with E-state index in [1.807, 2.05) is 6.92 Å². The molecule has 0 spiro atoms. The average Bonchev–Trinajstić information content (AvgIpc) is 2.58. The molecule has 2 rings (SSSR count). The van der Waals surface area contributed by atoms with Crippen LogP contribution < -0.4 is 5.73 Å². The summed E-state index contributed by atoms with van der Waals surface area (Å²) < 4.78 is 14.7. The Kier molecular flexibility index (Phi) is 2.41. The topological polar surface area (TPSA) is 43.8 Å². The molecule has 3 nitrogen and oxygen atoms in total. The quantitative estimate of drug-likeness (QED) is 0.814. The molecule has 0 unspecified atom stereocenters. The van der Waals surface area contributed by atoms with E-state index in [2.05, 4.69) is 5.10 Å². The van der Waals surface area contributed by atoms with E-state index in [0.29, 0.717) is 12.4 Å². The lowest BCUT2D eigenvalue weighted by Gasteiger charge is -2.07. The van der Waals surface area contributed by atoms with Crippen molar-refractivity contribution >= 4 is 5.82 Å². The van der Waals surface area contributed by atoms with Crippen molar-refractivity contribution in [1.29, 1.82) is 0 Å². The SMILES string of the molecule is Cc1ccc(F)cc1Cn1nccc1N. The van der Waals surface area contributed by atoms with Gasteiger partial charge in [-0.25, -0.2) is 9.07 Å². The molecule has 4 heteroatoms. The second kappa shape index (κ2) is 3.73. The molecule has 1 aromatic heterocycles. The number of rotatable bonds is 2. The third kappa shape index (κ3) is 1.98. The van der Waals surface area contributed by atoms with E-state index in [1.54, 1.807) is 23.0 Å². The summed E-state index contributed by atoms with van der Waals surface area (Å²) in [5, 5.41) is 4.05. The zero-order chi connectivity index (χ0) is 10.8. The number of halogens is 1. The first-order valence-corrected chi connectivity index (χ1v) is 4.69. The van der Waals surface area contributed by atoms with E-state index in [0.717, 1.165) is 11.1 Å². The van der Waals surface area contributed by atoms with Crippen LogP contribution in [-0.4, -0.2) is 9.78 Å². The van der Waals surface area contributed by atoms with E-state index in [-0.39, 0.29) is 5.82 Å². The lowest BCUT2D eigenvalue weighted by molar-refractivity contribution is 0.619. The second-order valence-corrected chi connectivity index (χ2v) is 3.48. The van der Waals surface area contributed by atoms with E-state index >= 15 is 0 Å². The fourth-order valence-corrected chi connectivity index (χ4v) is 1.45. The predicted octanol–water partition coefficient (Wildman–Crippen LogP) is 1.96. The monoisotopic (exact) mass is 205 g/mol. The minimum Gasteiger partial charge on any atom is -0.384 e. The van der Waals surface area contributed by atoms with Crippen molar-refractivity contribution in [3.63, 3.8) is 0 Å². The standard InChI is InChI=1S/C11H12FN3/c1-8-2-3-10(12)6-9(8)7-15-11(13)4-5-14-15/h2-6H,7,13H2,1H3. The fourth-order valence-electron chi connectivity index (χ4n) is 1.45. The van der Waals surface area contributed by atoms with Crippen molar-refractivity contribution in [2.75, 3.05) is 5.73 Å². The normalized spacial score (nSPS) is 10.5. The number of aryl methyl sites for hydroxylation is 1. The van der Waals surface area contributed by atoms with E-state index < -0.39 is 0 Å². The van der Waals surface area contributed by atoms with Crippen molar-refractivity contribution in [1.82, 2.24) is 9.78 Å². The Hall–Kier alpha value is -1.84. The van der Waals surface area contributed by atoms with Crippen LogP contribution in [0.3, 0.4) is 0 Å². The average molecular weight is 205 g/mol. The molecular weight excluding hydrogens is 193 g/mol. The zero-order valence-corrected chi connectivity index (χ0v) is 8.44. The van der Waals surface area contributed by atoms with Gasteiger partial charge in [-0.1, -0.05) is 6.07 Å². The molecule has 78 valence electrons. The largest absolute Gasteiger partial charge is 0.384 e. The third-order valence-corrected chi connectivity index (χ3v) is 2.38. The Bertz CT molecular complexity index is 476. The summed E-state index contributed by atoms with van der Waals surface area (Å²) in [4.78, 5) is 0. The first-order chi connectivity index (χ1) is 7.16. The fraction of sp³-hybridized carbons (Fsp3) is 0.182. The van der Waals surface area contributed by atoms with Gasteiger partial charge in [-0.05, 0) is 36.2 Å². The summed E-state index contributed by atoms with van der Waals surface area (Å²) in [5.74, 6) is 0.347. The van der Waals surface area contributed by atoms with Gasteiger partial charge in [0.15, 0.2) is 0 Å². The van der Waals surface area contributed by atoms with Crippen LogP contribution in [-0.2, 0) is 6.54 Å². The molecule has 0 aliphatic carbocycles. The molecule has 0 bridgehead atoms. The number of hydrogen-bond donors (Lipinski definition) is 1. The van der Waals surface area contributed by atoms with Gasteiger partial charge in [-0.3, -0.25) is 0 Å². The molecule has 0 fully saturated rings. The van der Waals surface area contributed by atoms with Gasteiger partial charge >= 0.3 is 0 Å². The molecule has 0 aliphatic rings. The molecule has 1 heterocycles. The van der Waals surface area contributed by atoms with Gasteiger partial charge in [0.25, 0.3) is 0 Å². The van der Waals surface area contributed by atoms with Gasteiger partial charge in [0, 0.05) is 0 Å². The van der Waals surface area contributed by atoms with Crippen LogP contribution in [0.25, 0.3) is 0 Å². The first-order valence-electron chi connectivity index (χ1n) is 4.69. The van der Waals surface area contributed by atoms with Gasteiger partial charge in [0.1, 0.15) is 11.6 Å². The number of nitrogen functional groups attached to an aromatic ring is 1. The molecule has 0 saturated carbocycles. The van der Waals surface area contributed by atoms with Crippen LogP contribution in [0.4, 0.5) is 10.2 Å². The van der Waals surface area contributed by atoms with E-state index in [9.17, 15) is 4.39 Å². The number of nitrogens with zero attached hydrogens (tertiary/aromatic N) is 2. The number of benzene rings is 1. The highest BCUT2D eigenvalue weighted by atomic mass is 19.1. The maximum absolute atomic E-state index is 13.0. The lowest BCUT2D eigenvalue weighted by atomic mass is 10.1. The predicted molar refractivity (Wildman–Crippen MR) is 56.9 cm³/mol. The van der Waals surface area contributed by atoms with Crippen molar-refractivity contribution in [3.05, 3.63) is 47.4 Å². The Morgan fingerprint density at radius 1 is 1.40 bits per heavy atom. The summed E-state index contributed by atoms with van der Waals surface area (Å²) in [5.41, 5.74) is 7.61. The molecule has 0 radical (unpaired) electrons. The van der Waals surface area contributed by atoms with Crippen molar-refractivity contribution in [2.24, 2.45) is 0 Å². The Morgan fingerprint density at radius 2 is 2.20 bits per heavy atom. The second-order valence-electron chi connectivity index (χ2n) is 3.48. The van der Waals surface area contributed by atoms with Crippen LogP contribution in [0.15, 0.2) is 30.5 Å². The highest BCUT2D eigenvalue weighted by Crippen LogP contribution is 2.13. The number of aromatic nitrogens is 2. The Balaban J connectivity index is 2.32. The molecule has 2 aromatic rings. The maximum atomic E-state index is 13.0. The third-order valence-electron chi connectivity index (χ3n) is 2.38. The molecule has 2 N–H and O–H groups in total. The van der Waals surface area contributed by atoms with E-state index in [4.69, 9.17) is 5.73 Å². The Labute approximate surface area is 87.3 Å². The molecule has 0 atom stereocenters. The van der Waals surface area contributed by atoms with Crippen LogP contribution in [0, 0.1) is 12.7 Å². The molecule has 0 aliphatic heterocycles. The smallest absolute Gasteiger partial charge is 0.123 e. The minimum absolute atomic E-state index is 0.235. The minimum atomic E-state index is -0.235. The summed E-state index contributed by atoms with van der Waals surface area (Å²) in [6, 6.07) is 6.43. The van der Waals surface area contributed by atoms with Crippen molar-refractivity contribution in [2.45, 2.75) is 13.5 Å². The van der Waals surface area contributed by atoms with Gasteiger partial charge in [-0.15, -0.1) is 0 Å². The van der Waals surface area contributed by atoms with Crippen LogP contribution in [0.2, 0.25) is 0 Å². The maximum Gasteiger partial charge on any atom is 0.123 e. The van der Waals surface area contributed by atoms with Crippen molar-refractivity contribution in [3.8, 4) is 0 Å². The molecular formula is C11H12FN3. The zero-order valence-electron chi connectivity index (χ0n) is 8.44. The van der Waals surface area contributed by atoms with Crippen LogP contribution >= 0.6 is 0 Å². The summed E-state index contributed by atoms with van der Waals surface area (Å²) in [7, 11) is 0. The highest BCUT2D eigenvalue weighted by Gasteiger charge is 2.03. The molecule has 1 aromatic carbocycles. The number of hydrogen-bond acceptors (Lipinski definition) is 2. The summed E-state index contributed by atoms with van der Waals surface area (Å²) in [6.07, 6.45) is 1.63. The van der Waals surface area contributed by atoms with Crippen LogP contribution in [0.1, 0.15) is 11.1 Å². The summed E-state index contributed by atoms with van der Waals surface area (Å²) in [6.45, 7) is 2.44. The van der Waals surface area contributed by atoms with E-state index in [1.165, 1.54) is 12.1 Å². The number of nitrogens with two attached hydrogens (primary N) is 1. The first kappa shape index (κ1) is 9.71. The Morgan fingerprint density at radius 3 is 2.87 bits per heavy atom.